The Hall–Kier alpha value is -4.35. The third-order valence-electron chi connectivity index (χ3n) is 6.51. The van der Waals surface area contributed by atoms with Gasteiger partial charge < -0.3 is 25.3 Å². The predicted molar refractivity (Wildman–Crippen MR) is 153 cm³/mol. The number of halogens is 1. The van der Waals surface area contributed by atoms with E-state index in [1.54, 1.807) is 18.3 Å². The summed E-state index contributed by atoms with van der Waals surface area (Å²) in [5.74, 6) is -0.466. The lowest BCUT2D eigenvalue weighted by atomic mass is 10.1. The van der Waals surface area contributed by atoms with Gasteiger partial charge in [-0.1, -0.05) is 12.1 Å². The van der Waals surface area contributed by atoms with Crippen molar-refractivity contribution < 1.29 is 9.18 Å². The summed E-state index contributed by atoms with van der Waals surface area (Å²) >= 11 is 0. The maximum Gasteiger partial charge on any atom is 0.248 e. The van der Waals surface area contributed by atoms with Crippen molar-refractivity contribution in [2.75, 3.05) is 69.4 Å². The molecular weight excluding hydrogens is 497 g/mol. The van der Waals surface area contributed by atoms with Crippen LogP contribution in [0.15, 0.2) is 60.8 Å². The molecule has 0 aliphatic carbocycles. The Morgan fingerprint density at radius 1 is 1.10 bits per heavy atom. The number of rotatable bonds is 8. The summed E-state index contributed by atoms with van der Waals surface area (Å²) in [5, 5.41) is 13.6. The van der Waals surface area contributed by atoms with E-state index in [1.807, 2.05) is 31.1 Å². The Labute approximate surface area is 226 Å². The van der Waals surface area contributed by atoms with E-state index in [2.05, 4.69) is 59.8 Å². The van der Waals surface area contributed by atoms with E-state index in [0.717, 1.165) is 37.6 Å². The smallest absolute Gasteiger partial charge is 0.248 e. The monoisotopic (exact) mass is 529 g/mol. The first kappa shape index (κ1) is 26.3. The van der Waals surface area contributed by atoms with Crippen molar-refractivity contribution in [2.24, 2.45) is 0 Å². The highest BCUT2D eigenvalue weighted by Crippen LogP contribution is 2.31. The highest BCUT2D eigenvalue weighted by molar-refractivity contribution is 6.00. The lowest BCUT2D eigenvalue weighted by Crippen LogP contribution is -2.44. The van der Waals surface area contributed by atoms with Crippen LogP contribution in [0.4, 0.5) is 27.4 Å². The molecule has 1 aliphatic heterocycles. The third kappa shape index (κ3) is 6.39. The average Bonchev–Trinajstić information content (AvgIpc) is 3.38. The van der Waals surface area contributed by atoms with Crippen molar-refractivity contribution in [3.63, 3.8) is 0 Å². The van der Waals surface area contributed by atoms with E-state index in [1.165, 1.54) is 18.2 Å². The number of hydrogen-bond acceptors (Lipinski definition) is 8. The molecule has 3 heterocycles. The maximum absolute atomic E-state index is 15.1. The van der Waals surface area contributed by atoms with Crippen LogP contribution in [0, 0.1) is 5.82 Å². The molecule has 1 amide bonds. The van der Waals surface area contributed by atoms with E-state index < -0.39 is 5.82 Å². The molecule has 0 bridgehead atoms. The van der Waals surface area contributed by atoms with Crippen LogP contribution in [0.25, 0.3) is 22.3 Å². The van der Waals surface area contributed by atoms with Crippen molar-refractivity contribution in [2.45, 2.75) is 0 Å². The number of nitrogens with one attached hydrogen (secondary N) is 3. The first-order chi connectivity index (χ1) is 18.9. The van der Waals surface area contributed by atoms with Gasteiger partial charge in [-0.25, -0.2) is 9.37 Å². The normalized spacial score (nSPS) is 14.4. The molecule has 5 rings (SSSR count). The van der Waals surface area contributed by atoms with Crippen molar-refractivity contribution >= 4 is 40.0 Å². The third-order valence-corrected chi connectivity index (χ3v) is 6.51. The van der Waals surface area contributed by atoms with E-state index in [4.69, 9.17) is 0 Å². The van der Waals surface area contributed by atoms with Crippen LogP contribution < -0.4 is 15.5 Å². The van der Waals surface area contributed by atoms with Crippen LogP contribution in [0.1, 0.15) is 0 Å². The van der Waals surface area contributed by atoms with Crippen molar-refractivity contribution in [1.29, 1.82) is 0 Å². The van der Waals surface area contributed by atoms with E-state index in [0.29, 0.717) is 34.9 Å². The summed E-state index contributed by atoms with van der Waals surface area (Å²) in [4.78, 5) is 28.2. The number of carbonyl (C=O) groups excluding carboxylic acids is 1. The predicted octanol–water partition coefficient (Wildman–Crippen LogP) is 3.71. The van der Waals surface area contributed by atoms with Crippen LogP contribution in [0.3, 0.4) is 0 Å². The van der Waals surface area contributed by atoms with Crippen LogP contribution in [0.2, 0.25) is 0 Å². The molecule has 0 spiro atoms. The zero-order valence-electron chi connectivity index (χ0n) is 22.3. The fraction of sp³-hybridized carbons (Fsp3) is 0.286. The molecule has 0 atom stereocenters. The Bertz CT molecular complexity index is 1490. The number of hydrogen-bond donors (Lipinski definition) is 3. The number of fused-ring (bicyclic) bond motifs is 1. The molecule has 0 unspecified atom stereocenters. The lowest BCUT2D eigenvalue weighted by Gasteiger charge is -2.34. The summed E-state index contributed by atoms with van der Waals surface area (Å²) < 4.78 is 15.1. The van der Waals surface area contributed by atoms with Crippen molar-refractivity contribution in [3.05, 3.63) is 66.6 Å². The van der Waals surface area contributed by atoms with Gasteiger partial charge in [-0.15, -0.1) is 0 Å². The van der Waals surface area contributed by atoms with Gasteiger partial charge in [-0.05, 0) is 57.5 Å². The topological polar surface area (TPSA) is 105 Å². The minimum absolute atomic E-state index is 0.230. The fourth-order valence-electron chi connectivity index (χ4n) is 4.41. The fourth-order valence-corrected chi connectivity index (χ4v) is 4.41. The van der Waals surface area contributed by atoms with Gasteiger partial charge in [0, 0.05) is 61.4 Å². The van der Waals surface area contributed by atoms with Gasteiger partial charge in [-0.3, -0.25) is 9.89 Å². The molecule has 2 aromatic heterocycles. The Kier molecular flexibility index (Phi) is 7.80. The second-order valence-electron chi connectivity index (χ2n) is 9.84. The molecule has 11 heteroatoms. The summed E-state index contributed by atoms with van der Waals surface area (Å²) in [6, 6.07) is 12.5. The largest absolute Gasteiger partial charge is 0.369 e. The second kappa shape index (κ2) is 11.6. The van der Waals surface area contributed by atoms with Crippen LogP contribution in [-0.2, 0) is 4.79 Å². The highest BCUT2D eigenvalue weighted by atomic mass is 19.1. The Morgan fingerprint density at radius 3 is 2.72 bits per heavy atom. The number of aromatic amines is 1. The molecule has 1 saturated heterocycles. The standard InChI is InChI=1S/C28H32FN9O/c1-36(2)11-5-8-25(39)31-20-9-10-24(29)22(17-20)26-23-18-30-35-27(23)34-28(33-26)32-19-6-4-7-21(16-19)38-14-12-37(3)13-15-38/h4-10,16-18H,11-15H2,1-3H3,(H,31,39)(H2,30,32,33,34,35)/b8-5+. The maximum atomic E-state index is 15.1. The molecule has 202 valence electrons. The molecule has 1 aliphatic rings. The molecule has 4 aromatic rings. The van der Waals surface area contributed by atoms with Crippen LogP contribution in [-0.4, -0.2) is 89.7 Å². The van der Waals surface area contributed by atoms with Gasteiger partial charge >= 0.3 is 0 Å². The molecule has 3 N–H and O–H groups in total. The number of piperazine rings is 1. The summed E-state index contributed by atoms with van der Waals surface area (Å²) in [6.07, 6.45) is 4.78. The van der Waals surface area contributed by atoms with E-state index in [-0.39, 0.29) is 11.5 Å². The molecule has 2 aromatic carbocycles. The number of likely N-dealkylation sites (N-methyl/N-ethyl adjacent to an activating group) is 2. The number of H-pyrrole nitrogens is 1. The van der Waals surface area contributed by atoms with Crippen LogP contribution in [0.5, 0.6) is 0 Å². The van der Waals surface area contributed by atoms with Gasteiger partial charge in [-0.2, -0.15) is 10.1 Å². The summed E-state index contributed by atoms with van der Waals surface area (Å²) in [6.45, 7) is 4.57. The SMILES string of the molecule is CN(C)C/C=C/C(=O)Nc1ccc(F)c(-c2nc(Nc3cccc(N4CCN(C)CC4)c3)nc3[nH]ncc23)c1. The van der Waals surface area contributed by atoms with Crippen LogP contribution >= 0.6 is 0 Å². The Balaban J connectivity index is 1.42. The Morgan fingerprint density at radius 2 is 1.92 bits per heavy atom. The molecule has 10 nitrogen and oxygen atoms in total. The summed E-state index contributed by atoms with van der Waals surface area (Å²) in [5.41, 5.74) is 3.46. The summed E-state index contributed by atoms with van der Waals surface area (Å²) in [7, 11) is 5.96. The molecule has 0 radical (unpaired) electrons. The number of aromatic nitrogens is 4. The minimum atomic E-state index is -0.472. The first-order valence-corrected chi connectivity index (χ1v) is 12.8. The van der Waals surface area contributed by atoms with Gasteiger partial charge in [0.1, 0.15) is 5.82 Å². The molecular formula is C28H32FN9O. The quantitative estimate of drug-likeness (QED) is 0.297. The van der Waals surface area contributed by atoms with Gasteiger partial charge in [0.25, 0.3) is 0 Å². The lowest BCUT2D eigenvalue weighted by molar-refractivity contribution is -0.111. The minimum Gasteiger partial charge on any atom is -0.369 e. The molecule has 1 fully saturated rings. The zero-order valence-corrected chi connectivity index (χ0v) is 22.3. The number of carbonyl (C=O) groups is 1. The van der Waals surface area contributed by atoms with Gasteiger partial charge in [0.05, 0.1) is 17.3 Å². The van der Waals surface area contributed by atoms with Gasteiger partial charge in [0.2, 0.25) is 11.9 Å². The van der Waals surface area contributed by atoms with Gasteiger partial charge in [0.15, 0.2) is 5.65 Å². The highest BCUT2D eigenvalue weighted by Gasteiger charge is 2.18. The second-order valence-corrected chi connectivity index (χ2v) is 9.84. The zero-order chi connectivity index (χ0) is 27.4. The number of anilines is 4. The number of benzene rings is 2. The molecule has 39 heavy (non-hydrogen) atoms. The number of nitrogens with zero attached hydrogens (tertiary/aromatic N) is 6. The average molecular weight is 530 g/mol. The van der Waals surface area contributed by atoms with Crippen molar-refractivity contribution in [3.8, 4) is 11.3 Å². The van der Waals surface area contributed by atoms with Crippen molar-refractivity contribution in [1.82, 2.24) is 30.0 Å². The molecule has 0 saturated carbocycles. The van der Waals surface area contributed by atoms with E-state index >= 15 is 4.39 Å². The van der Waals surface area contributed by atoms with E-state index in [9.17, 15) is 4.79 Å². The number of amides is 1. The first-order valence-electron chi connectivity index (χ1n) is 12.8.